The zero-order chi connectivity index (χ0) is 12.9. The molecule has 0 radical (unpaired) electrons. The first-order chi connectivity index (χ1) is 7.87. The van der Waals surface area contributed by atoms with Gasteiger partial charge in [-0.15, -0.1) is 0 Å². The first kappa shape index (κ1) is 14.6. The molecule has 1 aromatic rings. The standard InChI is InChI=1S/C13H22BrN3/c1-10(7-17-13(2,3)4)15-9-12-6-5-11(14)8-16-12/h5-6,8,10,15,17H,7,9H2,1-4H3. The van der Waals surface area contributed by atoms with Gasteiger partial charge in [-0.25, -0.2) is 0 Å². The van der Waals surface area contributed by atoms with Crippen LogP contribution in [0.15, 0.2) is 22.8 Å². The number of nitrogens with zero attached hydrogens (tertiary/aromatic N) is 1. The van der Waals surface area contributed by atoms with Gasteiger partial charge in [0.15, 0.2) is 0 Å². The normalized spacial score (nSPS) is 13.7. The molecule has 3 nitrogen and oxygen atoms in total. The lowest BCUT2D eigenvalue weighted by Gasteiger charge is -2.24. The zero-order valence-corrected chi connectivity index (χ0v) is 12.6. The average molecular weight is 300 g/mol. The van der Waals surface area contributed by atoms with Crippen molar-refractivity contribution in [1.82, 2.24) is 15.6 Å². The van der Waals surface area contributed by atoms with E-state index in [4.69, 9.17) is 0 Å². The summed E-state index contributed by atoms with van der Waals surface area (Å²) in [7, 11) is 0. The van der Waals surface area contributed by atoms with Gasteiger partial charge in [0.05, 0.1) is 5.69 Å². The fourth-order valence-corrected chi connectivity index (χ4v) is 1.56. The van der Waals surface area contributed by atoms with Gasteiger partial charge in [-0.2, -0.15) is 0 Å². The van der Waals surface area contributed by atoms with Gasteiger partial charge in [-0.1, -0.05) is 0 Å². The molecular formula is C13H22BrN3. The summed E-state index contributed by atoms with van der Waals surface area (Å²) in [5.41, 5.74) is 1.24. The summed E-state index contributed by atoms with van der Waals surface area (Å²) >= 11 is 3.38. The highest BCUT2D eigenvalue weighted by molar-refractivity contribution is 9.10. The third-order valence-electron chi connectivity index (χ3n) is 2.36. The molecule has 0 aliphatic heterocycles. The van der Waals surface area contributed by atoms with Crippen molar-refractivity contribution < 1.29 is 0 Å². The smallest absolute Gasteiger partial charge is 0.0542 e. The van der Waals surface area contributed by atoms with Crippen LogP contribution >= 0.6 is 15.9 Å². The first-order valence-corrected chi connectivity index (χ1v) is 6.75. The Morgan fingerprint density at radius 2 is 2.06 bits per heavy atom. The second-order valence-corrected chi connectivity index (χ2v) is 6.30. The van der Waals surface area contributed by atoms with E-state index in [1.54, 1.807) is 0 Å². The molecule has 0 saturated carbocycles. The first-order valence-electron chi connectivity index (χ1n) is 5.96. The molecule has 0 saturated heterocycles. The lowest BCUT2D eigenvalue weighted by molar-refractivity contribution is 0.386. The lowest BCUT2D eigenvalue weighted by atomic mass is 10.1. The van der Waals surface area contributed by atoms with Crippen LogP contribution in [0.25, 0.3) is 0 Å². The van der Waals surface area contributed by atoms with E-state index < -0.39 is 0 Å². The van der Waals surface area contributed by atoms with Gasteiger partial charge in [-0.05, 0) is 55.8 Å². The largest absolute Gasteiger partial charge is 0.311 e. The molecule has 1 heterocycles. The molecule has 4 heteroatoms. The maximum atomic E-state index is 4.33. The Morgan fingerprint density at radius 1 is 1.35 bits per heavy atom. The fraction of sp³-hybridized carbons (Fsp3) is 0.615. The maximum Gasteiger partial charge on any atom is 0.0542 e. The Balaban J connectivity index is 2.28. The van der Waals surface area contributed by atoms with Crippen molar-refractivity contribution in [2.45, 2.75) is 45.8 Å². The van der Waals surface area contributed by atoms with Crippen LogP contribution in [0.3, 0.4) is 0 Å². The van der Waals surface area contributed by atoms with Crippen LogP contribution in [0.4, 0.5) is 0 Å². The molecule has 0 fully saturated rings. The van der Waals surface area contributed by atoms with Crippen molar-refractivity contribution in [1.29, 1.82) is 0 Å². The number of nitrogens with one attached hydrogen (secondary N) is 2. The zero-order valence-electron chi connectivity index (χ0n) is 11.0. The number of pyridine rings is 1. The lowest BCUT2D eigenvalue weighted by Crippen LogP contribution is -2.44. The molecule has 96 valence electrons. The van der Waals surface area contributed by atoms with Gasteiger partial charge in [0, 0.05) is 35.3 Å². The number of halogens is 1. The van der Waals surface area contributed by atoms with Crippen molar-refractivity contribution in [3.05, 3.63) is 28.5 Å². The van der Waals surface area contributed by atoms with Gasteiger partial charge in [0.1, 0.15) is 0 Å². The van der Waals surface area contributed by atoms with E-state index in [-0.39, 0.29) is 5.54 Å². The highest BCUT2D eigenvalue weighted by Gasteiger charge is 2.10. The predicted octanol–water partition coefficient (Wildman–Crippen LogP) is 2.71. The Labute approximate surface area is 113 Å². The molecule has 0 bridgehead atoms. The molecule has 1 atom stereocenters. The van der Waals surface area contributed by atoms with Crippen LogP contribution in [0.1, 0.15) is 33.4 Å². The van der Waals surface area contributed by atoms with Crippen LogP contribution in [0.5, 0.6) is 0 Å². The minimum atomic E-state index is 0.172. The van der Waals surface area contributed by atoms with E-state index >= 15 is 0 Å². The summed E-state index contributed by atoms with van der Waals surface area (Å²) in [5.74, 6) is 0. The van der Waals surface area contributed by atoms with Crippen LogP contribution in [0, 0.1) is 0 Å². The summed E-state index contributed by atoms with van der Waals surface area (Å²) in [4.78, 5) is 4.33. The molecular weight excluding hydrogens is 278 g/mol. The molecule has 1 rings (SSSR count). The maximum absolute atomic E-state index is 4.33. The number of hydrogen-bond donors (Lipinski definition) is 2. The molecule has 0 amide bonds. The molecule has 0 aliphatic rings. The third kappa shape index (κ3) is 6.76. The second-order valence-electron chi connectivity index (χ2n) is 5.38. The Hall–Kier alpha value is -0.450. The molecule has 17 heavy (non-hydrogen) atoms. The van der Waals surface area contributed by atoms with Crippen LogP contribution in [0.2, 0.25) is 0 Å². The van der Waals surface area contributed by atoms with Crippen LogP contribution < -0.4 is 10.6 Å². The third-order valence-corrected chi connectivity index (χ3v) is 2.83. The predicted molar refractivity (Wildman–Crippen MR) is 76.0 cm³/mol. The summed E-state index contributed by atoms with van der Waals surface area (Å²) < 4.78 is 1.02. The number of hydrogen-bond acceptors (Lipinski definition) is 3. The van der Waals surface area contributed by atoms with E-state index in [0.29, 0.717) is 6.04 Å². The van der Waals surface area contributed by atoms with Crippen molar-refractivity contribution in [3.8, 4) is 0 Å². The van der Waals surface area contributed by atoms with E-state index in [1.165, 1.54) is 0 Å². The monoisotopic (exact) mass is 299 g/mol. The SMILES string of the molecule is CC(CNC(C)(C)C)NCc1ccc(Br)cn1. The molecule has 0 aromatic carbocycles. The van der Waals surface area contributed by atoms with Gasteiger partial charge in [0.2, 0.25) is 0 Å². The van der Waals surface area contributed by atoms with Gasteiger partial charge >= 0.3 is 0 Å². The Morgan fingerprint density at radius 3 is 2.59 bits per heavy atom. The van der Waals surface area contributed by atoms with Crippen LogP contribution in [-0.2, 0) is 6.54 Å². The van der Waals surface area contributed by atoms with E-state index in [0.717, 1.165) is 23.3 Å². The fourth-order valence-electron chi connectivity index (χ4n) is 1.32. The van der Waals surface area contributed by atoms with Gasteiger partial charge < -0.3 is 10.6 Å². The summed E-state index contributed by atoms with van der Waals surface area (Å²) in [6.45, 7) is 10.5. The molecule has 1 aromatic heterocycles. The minimum Gasteiger partial charge on any atom is -0.311 e. The van der Waals surface area contributed by atoms with Gasteiger partial charge in [-0.3, -0.25) is 4.98 Å². The van der Waals surface area contributed by atoms with Gasteiger partial charge in [0.25, 0.3) is 0 Å². The van der Waals surface area contributed by atoms with Crippen molar-refractivity contribution in [2.24, 2.45) is 0 Å². The van der Waals surface area contributed by atoms with E-state index in [9.17, 15) is 0 Å². The molecule has 0 spiro atoms. The summed E-state index contributed by atoms with van der Waals surface area (Å²) in [6, 6.07) is 4.47. The molecule has 1 unspecified atom stereocenters. The quantitative estimate of drug-likeness (QED) is 0.878. The number of rotatable bonds is 5. The van der Waals surface area contributed by atoms with E-state index in [1.807, 2.05) is 18.3 Å². The topological polar surface area (TPSA) is 37.0 Å². The minimum absolute atomic E-state index is 0.172. The number of aromatic nitrogens is 1. The average Bonchev–Trinajstić information content (AvgIpc) is 2.25. The van der Waals surface area contributed by atoms with Crippen molar-refractivity contribution in [3.63, 3.8) is 0 Å². The summed E-state index contributed by atoms with van der Waals surface area (Å²) in [5, 5.41) is 6.93. The molecule has 2 N–H and O–H groups in total. The molecule has 0 aliphatic carbocycles. The van der Waals surface area contributed by atoms with E-state index in [2.05, 4.69) is 59.2 Å². The Bertz CT molecular complexity index is 330. The summed E-state index contributed by atoms with van der Waals surface area (Å²) in [6.07, 6.45) is 1.83. The highest BCUT2D eigenvalue weighted by Crippen LogP contribution is 2.07. The second kappa shape index (κ2) is 6.47. The Kier molecular flexibility index (Phi) is 5.56. The van der Waals surface area contributed by atoms with Crippen molar-refractivity contribution >= 4 is 15.9 Å². The van der Waals surface area contributed by atoms with Crippen LogP contribution in [-0.4, -0.2) is 23.1 Å². The van der Waals surface area contributed by atoms with Crippen molar-refractivity contribution in [2.75, 3.05) is 6.54 Å². The highest BCUT2D eigenvalue weighted by atomic mass is 79.9.